The zero-order chi connectivity index (χ0) is 18.8. The molecule has 0 bridgehead atoms. The summed E-state index contributed by atoms with van der Waals surface area (Å²) in [6.07, 6.45) is 2.66. The second kappa shape index (κ2) is 11.8. The first-order valence-electron chi connectivity index (χ1n) is 8.63. The zero-order valence-electron chi connectivity index (χ0n) is 15.2. The van der Waals surface area contributed by atoms with Gasteiger partial charge in [0.25, 0.3) is 0 Å². The number of benzene rings is 1. The summed E-state index contributed by atoms with van der Waals surface area (Å²) < 4.78 is 39.7. The van der Waals surface area contributed by atoms with Crippen LogP contribution in [0.1, 0.15) is 24.5 Å². The van der Waals surface area contributed by atoms with Crippen LogP contribution in [-0.2, 0) is 19.1 Å². The highest BCUT2D eigenvalue weighted by Gasteiger charge is 2.29. The molecule has 0 spiro atoms. The number of aromatic nitrogens is 2. The minimum Gasteiger partial charge on any atom is -0.357 e. The lowest BCUT2D eigenvalue weighted by molar-refractivity contribution is -0.137. The van der Waals surface area contributed by atoms with E-state index in [9.17, 15) is 13.2 Å². The molecule has 1 aromatic carbocycles. The number of aliphatic imine (C=N–C) groups is 1. The van der Waals surface area contributed by atoms with Crippen LogP contribution in [0.3, 0.4) is 0 Å². The SMILES string of the molecule is CCNC(=NCCCn1ccnc1)NCCc1ccc(C(F)(F)F)cc1.I. The van der Waals surface area contributed by atoms with E-state index in [-0.39, 0.29) is 24.0 Å². The first-order valence-corrected chi connectivity index (χ1v) is 8.63. The Morgan fingerprint density at radius 3 is 2.52 bits per heavy atom. The molecule has 1 heterocycles. The normalized spacial score (nSPS) is 11.8. The Bertz CT molecular complexity index is 669. The number of nitrogens with one attached hydrogen (secondary N) is 2. The van der Waals surface area contributed by atoms with Gasteiger partial charge in [-0.15, -0.1) is 24.0 Å². The van der Waals surface area contributed by atoms with Crippen molar-refractivity contribution in [2.45, 2.75) is 32.5 Å². The topological polar surface area (TPSA) is 54.2 Å². The van der Waals surface area contributed by atoms with E-state index in [1.54, 1.807) is 12.5 Å². The summed E-state index contributed by atoms with van der Waals surface area (Å²) >= 11 is 0. The van der Waals surface area contributed by atoms with Crippen LogP contribution in [0.2, 0.25) is 0 Å². The van der Waals surface area contributed by atoms with Crippen molar-refractivity contribution in [3.8, 4) is 0 Å². The molecule has 2 rings (SSSR count). The molecular weight excluding hydrogens is 470 g/mol. The molecule has 0 amide bonds. The van der Waals surface area contributed by atoms with Crippen LogP contribution in [0.5, 0.6) is 0 Å². The number of nitrogens with zero attached hydrogens (tertiary/aromatic N) is 3. The van der Waals surface area contributed by atoms with Gasteiger partial charge in [0.15, 0.2) is 5.96 Å². The van der Waals surface area contributed by atoms with Crippen LogP contribution in [0, 0.1) is 0 Å². The molecule has 0 aliphatic rings. The number of alkyl halides is 3. The van der Waals surface area contributed by atoms with Crippen LogP contribution in [-0.4, -0.2) is 35.1 Å². The first kappa shape index (κ1) is 23.3. The highest BCUT2D eigenvalue weighted by atomic mass is 127. The summed E-state index contributed by atoms with van der Waals surface area (Å²) in [5, 5.41) is 6.37. The molecule has 5 nitrogen and oxygen atoms in total. The molecule has 0 aliphatic heterocycles. The third-order valence-electron chi connectivity index (χ3n) is 3.74. The zero-order valence-corrected chi connectivity index (χ0v) is 17.5. The van der Waals surface area contributed by atoms with Crippen LogP contribution >= 0.6 is 24.0 Å². The van der Waals surface area contributed by atoms with E-state index >= 15 is 0 Å². The first-order chi connectivity index (χ1) is 12.5. The summed E-state index contributed by atoms with van der Waals surface area (Å²) in [6, 6.07) is 5.26. The molecule has 2 aromatic rings. The Balaban J connectivity index is 0.00000364. The Kier molecular flexibility index (Phi) is 10.2. The average molecular weight is 495 g/mol. The maximum atomic E-state index is 12.6. The minimum atomic E-state index is -4.29. The van der Waals surface area contributed by atoms with Crippen molar-refractivity contribution in [1.82, 2.24) is 20.2 Å². The van der Waals surface area contributed by atoms with Gasteiger partial charge in [-0.25, -0.2) is 4.98 Å². The highest BCUT2D eigenvalue weighted by molar-refractivity contribution is 14.0. The van der Waals surface area contributed by atoms with Gasteiger partial charge in [0.05, 0.1) is 11.9 Å². The van der Waals surface area contributed by atoms with Crippen molar-refractivity contribution in [3.63, 3.8) is 0 Å². The maximum Gasteiger partial charge on any atom is 0.416 e. The van der Waals surface area contributed by atoms with Crippen molar-refractivity contribution in [2.75, 3.05) is 19.6 Å². The van der Waals surface area contributed by atoms with Gasteiger partial charge in [-0.3, -0.25) is 4.99 Å². The molecule has 0 atom stereocenters. The predicted octanol–water partition coefficient (Wildman–Crippen LogP) is 3.71. The van der Waals surface area contributed by atoms with E-state index in [1.807, 2.05) is 17.7 Å². The van der Waals surface area contributed by atoms with E-state index in [0.717, 1.165) is 37.2 Å². The van der Waals surface area contributed by atoms with Gasteiger partial charge in [0, 0.05) is 38.6 Å². The Hall–Kier alpha value is -1.78. The molecule has 0 radical (unpaired) electrons. The van der Waals surface area contributed by atoms with Crippen LogP contribution < -0.4 is 10.6 Å². The average Bonchev–Trinajstić information content (AvgIpc) is 3.12. The molecule has 0 aliphatic carbocycles. The van der Waals surface area contributed by atoms with Crippen molar-refractivity contribution < 1.29 is 13.2 Å². The molecule has 0 unspecified atom stereocenters. The summed E-state index contributed by atoms with van der Waals surface area (Å²) in [5.41, 5.74) is 0.225. The molecule has 1 aromatic heterocycles. The highest BCUT2D eigenvalue weighted by Crippen LogP contribution is 2.29. The molecule has 0 saturated heterocycles. The van der Waals surface area contributed by atoms with E-state index in [0.29, 0.717) is 25.5 Å². The molecule has 150 valence electrons. The molecule has 27 heavy (non-hydrogen) atoms. The Morgan fingerprint density at radius 2 is 1.93 bits per heavy atom. The smallest absolute Gasteiger partial charge is 0.357 e. The van der Waals surface area contributed by atoms with Crippen molar-refractivity contribution in [2.24, 2.45) is 4.99 Å². The van der Waals surface area contributed by atoms with Crippen molar-refractivity contribution in [3.05, 3.63) is 54.1 Å². The summed E-state index contributed by atoms with van der Waals surface area (Å²) in [5.74, 6) is 0.713. The lowest BCUT2D eigenvalue weighted by Crippen LogP contribution is -2.38. The summed E-state index contributed by atoms with van der Waals surface area (Å²) in [7, 11) is 0. The number of imidazole rings is 1. The monoisotopic (exact) mass is 495 g/mol. The molecule has 0 fully saturated rings. The lowest BCUT2D eigenvalue weighted by atomic mass is 10.1. The van der Waals surface area contributed by atoms with Crippen LogP contribution in [0.25, 0.3) is 0 Å². The number of rotatable bonds is 8. The van der Waals surface area contributed by atoms with Gasteiger partial charge in [0.2, 0.25) is 0 Å². The summed E-state index contributed by atoms with van der Waals surface area (Å²) in [6.45, 7) is 4.85. The van der Waals surface area contributed by atoms with E-state index in [1.165, 1.54) is 12.1 Å². The molecule has 0 saturated carbocycles. The quantitative estimate of drug-likeness (QED) is 0.254. The van der Waals surface area contributed by atoms with Gasteiger partial charge >= 0.3 is 6.18 Å². The van der Waals surface area contributed by atoms with E-state index < -0.39 is 11.7 Å². The second-order valence-electron chi connectivity index (χ2n) is 5.79. The predicted molar refractivity (Wildman–Crippen MR) is 111 cm³/mol. The van der Waals surface area contributed by atoms with E-state index in [2.05, 4.69) is 20.6 Å². The lowest BCUT2D eigenvalue weighted by Gasteiger charge is -2.12. The Labute approximate surface area is 174 Å². The van der Waals surface area contributed by atoms with Crippen LogP contribution in [0.15, 0.2) is 48.0 Å². The fourth-order valence-electron chi connectivity index (χ4n) is 2.39. The van der Waals surface area contributed by atoms with Gasteiger partial charge in [-0.2, -0.15) is 13.2 Å². The van der Waals surface area contributed by atoms with E-state index in [4.69, 9.17) is 0 Å². The number of aryl methyl sites for hydroxylation is 1. The number of guanidine groups is 1. The summed E-state index contributed by atoms with van der Waals surface area (Å²) in [4.78, 5) is 8.50. The number of hydrogen-bond donors (Lipinski definition) is 2. The second-order valence-corrected chi connectivity index (χ2v) is 5.79. The molecule has 9 heteroatoms. The third-order valence-corrected chi connectivity index (χ3v) is 3.74. The molecular formula is C18H25F3IN5. The number of halogens is 4. The number of hydrogen-bond acceptors (Lipinski definition) is 2. The standard InChI is InChI=1S/C18H24F3N5.HI/c1-2-23-17(24-9-3-12-26-13-11-22-14-26)25-10-8-15-4-6-16(7-5-15)18(19,20)21;/h4-7,11,13-14H,2-3,8-10,12H2,1H3,(H2,23,24,25);1H. The van der Waals surface area contributed by atoms with Crippen molar-refractivity contribution >= 4 is 29.9 Å². The van der Waals surface area contributed by atoms with Gasteiger partial charge in [-0.1, -0.05) is 12.1 Å². The largest absolute Gasteiger partial charge is 0.416 e. The molecule has 2 N–H and O–H groups in total. The van der Waals surface area contributed by atoms with Gasteiger partial charge in [0.1, 0.15) is 0 Å². The minimum absolute atomic E-state index is 0. The van der Waals surface area contributed by atoms with Gasteiger partial charge in [-0.05, 0) is 37.5 Å². The Morgan fingerprint density at radius 1 is 1.19 bits per heavy atom. The fourth-order valence-corrected chi connectivity index (χ4v) is 2.39. The van der Waals surface area contributed by atoms with Gasteiger partial charge < -0.3 is 15.2 Å². The third kappa shape index (κ3) is 8.63. The van der Waals surface area contributed by atoms with Crippen LogP contribution in [0.4, 0.5) is 13.2 Å². The maximum absolute atomic E-state index is 12.6. The van der Waals surface area contributed by atoms with Crippen molar-refractivity contribution in [1.29, 1.82) is 0 Å². The fraction of sp³-hybridized carbons (Fsp3) is 0.444.